The minimum atomic E-state index is 1.04. The van der Waals surface area contributed by atoms with Crippen LogP contribution in [0.3, 0.4) is 0 Å². The van der Waals surface area contributed by atoms with Crippen molar-refractivity contribution >= 4 is 23.3 Å². The zero-order valence-corrected chi connectivity index (χ0v) is 19.3. The predicted molar refractivity (Wildman–Crippen MR) is 144 cm³/mol. The zero-order valence-electron chi connectivity index (χ0n) is 19.3. The summed E-state index contributed by atoms with van der Waals surface area (Å²) in [5.41, 5.74) is 6.74. The molecule has 0 amide bonds. The van der Waals surface area contributed by atoms with E-state index >= 15 is 0 Å². The minimum Gasteiger partial charge on any atom is -0.311 e. The molecule has 2 aliphatic rings. The summed E-state index contributed by atoms with van der Waals surface area (Å²) in [6.07, 6.45) is 19.6. The van der Waals surface area contributed by atoms with Crippen LogP contribution in [0.5, 0.6) is 0 Å². The molecule has 0 radical (unpaired) electrons. The molecule has 0 saturated carbocycles. The standard InChI is InChI=1S/C31H29N3/c1-5-13-27(14-6-1)33(28-15-7-2-8-16-28)29-23-21-26(22-24-29)25-32-34(30-17-9-3-10-18-30)31-19-11-4-12-20-31/h1,3,5-7,9-11,13-25H,2,4,8,12H2/b32-25+. The van der Waals surface area contributed by atoms with E-state index in [-0.39, 0.29) is 0 Å². The largest absolute Gasteiger partial charge is 0.311 e. The third kappa shape index (κ3) is 5.10. The van der Waals surface area contributed by atoms with E-state index in [2.05, 4.69) is 108 Å². The number of para-hydroxylation sites is 2. The Kier molecular flexibility index (Phi) is 6.82. The summed E-state index contributed by atoms with van der Waals surface area (Å²) in [5.74, 6) is 0. The van der Waals surface area contributed by atoms with Gasteiger partial charge in [-0.1, -0.05) is 72.8 Å². The Balaban J connectivity index is 1.42. The SMILES string of the molecule is C1=CC(N(/N=C/c2ccc(N(C3=CCCC=C3)c3ccccc3)cc2)c2ccccc2)=CCC1. The number of anilines is 3. The number of hydrogen-bond acceptors (Lipinski definition) is 3. The highest BCUT2D eigenvalue weighted by Gasteiger charge is 2.14. The molecule has 0 spiro atoms. The molecular formula is C31H29N3. The van der Waals surface area contributed by atoms with Crippen molar-refractivity contribution in [1.29, 1.82) is 0 Å². The lowest BCUT2D eigenvalue weighted by molar-refractivity contribution is 0.953. The highest BCUT2D eigenvalue weighted by Crippen LogP contribution is 2.32. The Labute approximate surface area is 202 Å². The number of benzene rings is 3. The second-order valence-electron chi connectivity index (χ2n) is 8.37. The van der Waals surface area contributed by atoms with Crippen molar-refractivity contribution in [1.82, 2.24) is 0 Å². The summed E-state index contributed by atoms with van der Waals surface area (Å²) in [5, 5.41) is 6.87. The molecule has 5 rings (SSSR count). The first-order valence-electron chi connectivity index (χ1n) is 12.0. The van der Waals surface area contributed by atoms with Crippen LogP contribution < -0.4 is 9.91 Å². The molecule has 3 nitrogen and oxygen atoms in total. The van der Waals surface area contributed by atoms with E-state index in [1.165, 1.54) is 5.70 Å². The molecule has 2 aliphatic carbocycles. The zero-order chi connectivity index (χ0) is 23.0. The summed E-state index contributed by atoms with van der Waals surface area (Å²) in [6, 6.07) is 29.5. The lowest BCUT2D eigenvalue weighted by Crippen LogP contribution is -2.16. The summed E-state index contributed by atoms with van der Waals surface area (Å²) in [7, 11) is 0. The van der Waals surface area contributed by atoms with Crippen molar-refractivity contribution in [2.24, 2.45) is 5.10 Å². The van der Waals surface area contributed by atoms with Crippen LogP contribution in [-0.4, -0.2) is 6.21 Å². The smallest absolute Gasteiger partial charge is 0.0652 e. The van der Waals surface area contributed by atoms with Crippen LogP contribution in [0.1, 0.15) is 31.2 Å². The van der Waals surface area contributed by atoms with Crippen LogP contribution in [0.4, 0.5) is 17.1 Å². The summed E-state index contributed by atoms with van der Waals surface area (Å²) in [4.78, 5) is 2.31. The van der Waals surface area contributed by atoms with Gasteiger partial charge in [0, 0.05) is 17.1 Å². The molecule has 168 valence electrons. The molecule has 0 atom stereocenters. The molecule has 0 unspecified atom stereocenters. The topological polar surface area (TPSA) is 18.8 Å². The van der Waals surface area contributed by atoms with Gasteiger partial charge in [-0.25, -0.2) is 5.01 Å². The molecule has 0 heterocycles. The molecule has 0 bridgehead atoms. The van der Waals surface area contributed by atoms with Crippen molar-refractivity contribution in [3.05, 3.63) is 138 Å². The van der Waals surface area contributed by atoms with Gasteiger partial charge in [0.25, 0.3) is 0 Å². The van der Waals surface area contributed by atoms with Crippen LogP contribution in [0.25, 0.3) is 0 Å². The first-order chi connectivity index (χ1) is 16.9. The average Bonchev–Trinajstić information content (AvgIpc) is 2.92. The third-order valence-electron chi connectivity index (χ3n) is 5.94. The third-order valence-corrected chi connectivity index (χ3v) is 5.94. The Morgan fingerprint density at radius 3 is 1.71 bits per heavy atom. The monoisotopic (exact) mass is 443 g/mol. The first-order valence-corrected chi connectivity index (χ1v) is 12.0. The van der Waals surface area contributed by atoms with Gasteiger partial charge in [-0.2, -0.15) is 5.10 Å². The Bertz CT molecular complexity index is 1230. The molecule has 3 aromatic rings. The van der Waals surface area contributed by atoms with Crippen molar-refractivity contribution in [3.8, 4) is 0 Å². The maximum atomic E-state index is 4.86. The number of hydrazone groups is 1. The van der Waals surface area contributed by atoms with E-state index in [9.17, 15) is 0 Å². The highest BCUT2D eigenvalue weighted by atomic mass is 15.5. The van der Waals surface area contributed by atoms with Crippen LogP contribution in [-0.2, 0) is 0 Å². The van der Waals surface area contributed by atoms with E-state index in [4.69, 9.17) is 5.10 Å². The molecule has 3 aromatic carbocycles. The van der Waals surface area contributed by atoms with Crippen molar-refractivity contribution in [3.63, 3.8) is 0 Å². The number of hydrogen-bond donors (Lipinski definition) is 0. The second-order valence-corrected chi connectivity index (χ2v) is 8.37. The normalized spacial score (nSPS) is 15.2. The first kappa shape index (κ1) is 21.7. The highest BCUT2D eigenvalue weighted by molar-refractivity contribution is 5.82. The molecule has 3 heteroatoms. The molecule has 0 saturated heterocycles. The van der Waals surface area contributed by atoms with E-state index in [0.29, 0.717) is 0 Å². The van der Waals surface area contributed by atoms with Crippen molar-refractivity contribution in [2.45, 2.75) is 25.7 Å². The van der Waals surface area contributed by atoms with E-state index in [1.807, 2.05) is 29.4 Å². The van der Waals surface area contributed by atoms with Crippen LogP contribution in [0, 0.1) is 0 Å². The Hall–Kier alpha value is -4.11. The van der Waals surface area contributed by atoms with Gasteiger partial charge in [0.05, 0.1) is 17.6 Å². The maximum Gasteiger partial charge on any atom is 0.0652 e. The van der Waals surface area contributed by atoms with Gasteiger partial charge in [-0.05, 0) is 79.8 Å². The van der Waals surface area contributed by atoms with Gasteiger partial charge < -0.3 is 4.90 Å². The lowest BCUT2D eigenvalue weighted by Gasteiger charge is -2.27. The van der Waals surface area contributed by atoms with Crippen LogP contribution >= 0.6 is 0 Å². The van der Waals surface area contributed by atoms with Crippen molar-refractivity contribution in [2.75, 3.05) is 9.91 Å². The summed E-state index contributed by atoms with van der Waals surface area (Å²) < 4.78 is 0. The van der Waals surface area contributed by atoms with Gasteiger partial charge in [-0.3, -0.25) is 0 Å². The molecule has 0 N–H and O–H groups in total. The second kappa shape index (κ2) is 10.7. The molecule has 0 aliphatic heterocycles. The van der Waals surface area contributed by atoms with Gasteiger partial charge >= 0.3 is 0 Å². The van der Waals surface area contributed by atoms with E-state index < -0.39 is 0 Å². The molecule has 0 fully saturated rings. The predicted octanol–water partition coefficient (Wildman–Crippen LogP) is 8.13. The number of nitrogens with zero attached hydrogens (tertiary/aromatic N) is 3. The van der Waals surface area contributed by atoms with Gasteiger partial charge in [-0.15, -0.1) is 0 Å². The van der Waals surface area contributed by atoms with Gasteiger partial charge in [0.2, 0.25) is 0 Å². The number of rotatable bonds is 7. The Morgan fingerprint density at radius 2 is 1.12 bits per heavy atom. The van der Waals surface area contributed by atoms with Gasteiger partial charge in [0.1, 0.15) is 0 Å². The molecule has 0 aromatic heterocycles. The minimum absolute atomic E-state index is 1.04. The number of allylic oxidation sites excluding steroid dienone is 6. The quantitative estimate of drug-likeness (QED) is 0.271. The van der Waals surface area contributed by atoms with Gasteiger partial charge in [0.15, 0.2) is 0 Å². The fourth-order valence-electron chi connectivity index (χ4n) is 4.23. The van der Waals surface area contributed by atoms with Crippen molar-refractivity contribution < 1.29 is 0 Å². The average molecular weight is 444 g/mol. The fraction of sp³-hybridized carbons (Fsp3) is 0.129. The summed E-state index contributed by atoms with van der Waals surface area (Å²) >= 11 is 0. The maximum absolute atomic E-state index is 4.86. The van der Waals surface area contributed by atoms with E-state index in [0.717, 1.165) is 54.0 Å². The van der Waals surface area contributed by atoms with E-state index in [1.54, 1.807) is 0 Å². The molecular weight excluding hydrogens is 414 g/mol. The summed E-state index contributed by atoms with van der Waals surface area (Å²) in [6.45, 7) is 0. The van der Waals surface area contributed by atoms with Crippen LogP contribution in [0.2, 0.25) is 0 Å². The lowest BCUT2D eigenvalue weighted by atomic mass is 10.1. The van der Waals surface area contributed by atoms with Crippen LogP contribution in [0.15, 0.2) is 138 Å². The fourth-order valence-corrected chi connectivity index (χ4v) is 4.23. The molecule has 34 heavy (non-hydrogen) atoms. The Morgan fingerprint density at radius 1 is 0.559 bits per heavy atom.